The number of nitrogens with one attached hydrogen (secondary N) is 1. The Morgan fingerprint density at radius 1 is 1.39 bits per heavy atom. The van der Waals surface area contributed by atoms with Gasteiger partial charge in [0.05, 0.1) is 31.1 Å². The first-order valence-corrected chi connectivity index (χ1v) is 6.82. The number of rotatable bonds is 8. The summed E-state index contributed by atoms with van der Waals surface area (Å²) in [6, 6.07) is 1.63. The Hall–Kier alpha value is -2.84. The Morgan fingerprint density at radius 3 is 2.52 bits per heavy atom. The van der Waals surface area contributed by atoms with Gasteiger partial charge in [-0.05, 0) is 13.8 Å². The third kappa shape index (κ3) is 4.83. The van der Waals surface area contributed by atoms with E-state index in [2.05, 4.69) is 5.32 Å². The van der Waals surface area contributed by atoms with Gasteiger partial charge in [0.15, 0.2) is 11.5 Å². The maximum atomic E-state index is 12.2. The summed E-state index contributed by atoms with van der Waals surface area (Å²) < 4.78 is 10.3. The van der Waals surface area contributed by atoms with Crippen LogP contribution in [0.5, 0.6) is 11.5 Å². The summed E-state index contributed by atoms with van der Waals surface area (Å²) in [5.41, 5.74) is -0.679. The van der Waals surface area contributed by atoms with Crippen molar-refractivity contribution in [2.45, 2.75) is 26.3 Å². The number of hydrogen-bond donors (Lipinski definition) is 2. The number of carbonyl (C=O) groups excluding carboxylic acids is 1. The molecule has 1 rings (SSSR count). The molecule has 0 aliphatic carbocycles. The highest BCUT2D eigenvalue weighted by Crippen LogP contribution is 2.34. The van der Waals surface area contributed by atoms with Crippen LogP contribution in [-0.4, -0.2) is 41.7 Å². The van der Waals surface area contributed by atoms with E-state index in [0.717, 1.165) is 6.07 Å². The Morgan fingerprint density at radius 2 is 2.04 bits per heavy atom. The fourth-order valence-corrected chi connectivity index (χ4v) is 1.92. The van der Waals surface area contributed by atoms with Gasteiger partial charge < -0.3 is 19.9 Å². The molecule has 0 fully saturated rings. The summed E-state index contributed by atoms with van der Waals surface area (Å²) in [4.78, 5) is 33.3. The van der Waals surface area contributed by atoms with Crippen LogP contribution >= 0.6 is 0 Å². The van der Waals surface area contributed by atoms with Crippen molar-refractivity contribution in [3.63, 3.8) is 0 Å². The zero-order valence-electron chi connectivity index (χ0n) is 13.0. The highest BCUT2D eigenvalue weighted by Gasteiger charge is 2.25. The molecule has 2 N–H and O–H groups in total. The lowest BCUT2D eigenvalue weighted by atomic mass is 10.1. The third-order valence-corrected chi connectivity index (χ3v) is 2.88. The molecule has 1 amide bonds. The lowest BCUT2D eigenvalue weighted by molar-refractivity contribution is -0.385. The number of ether oxygens (including phenoxy) is 2. The summed E-state index contributed by atoms with van der Waals surface area (Å²) in [5, 5.41) is 22.3. The van der Waals surface area contributed by atoms with E-state index < -0.39 is 28.5 Å². The van der Waals surface area contributed by atoms with E-state index in [9.17, 15) is 19.7 Å². The molecule has 0 aromatic heterocycles. The number of amides is 1. The van der Waals surface area contributed by atoms with Crippen molar-refractivity contribution in [1.82, 2.24) is 5.32 Å². The first-order valence-electron chi connectivity index (χ1n) is 6.82. The van der Waals surface area contributed by atoms with Gasteiger partial charge in [0, 0.05) is 12.1 Å². The van der Waals surface area contributed by atoms with Gasteiger partial charge >= 0.3 is 5.97 Å². The van der Waals surface area contributed by atoms with E-state index in [0.29, 0.717) is 0 Å². The van der Waals surface area contributed by atoms with Crippen LogP contribution in [0.15, 0.2) is 12.1 Å². The average molecular weight is 326 g/mol. The summed E-state index contributed by atoms with van der Waals surface area (Å²) in [6.45, 7) is 3.49. The first-order chi connectivity index (χ1) is 10.8. The van der Waals surface area contributed by atoms with Gasteiger partial charge in [-0.2, -0.15) is 0 Å². The maximum absolute atomic E-state index is 12.2. The second-order valence-corrected chi connectivity index (χ2v) is 4.68. The number of carboxylic acid groups (broad SMARTS) is 1. The normalized spacial score (nSPS) is 11.4. The maximum Gasteiger partial charge on any atom is 0.305 e. The largest absolute Gasteiger partial charge is 0.493 e. The molecule has 23 heavy (non-hydrogen) atoms. The second kappa shape index (κ2) is 7.97. The summed E-state index contributed by atoms with van der Waals surface area (Å²) in [7, 11) is 1.33. The van der Waals surface area contributed by atoms with Crippen molar-refractivity contribution in [3.05, 3.63) is 27.8 Å². The number of nitrogens with zero attached hydrogens (tertiary/aromatic N) is 1. The van der Waals surface area contributed by atoms with E-state index in [1.807, 2.05) is 0 Å². The second-order valence-electron chi connectivity index (χ2n) is 4.68. The molecule has 1 atom stereocenters. The fourth-order valence-electron chi connectivity index (χ4n) is 1.92. The van der Waals surface area contributed by atoms with Crippen LogP contribution in [0.1, 0.15) is 30.6 Å². The molecular weight excluding hydrogens is 308 g/mol. The molecule has 0 aliphatic rings. The Kier molecular flexibility index (Phi) is 6.31. The SMILES string of the molecule is CCOc1cc(C(=O)NC(C)CC(=O)O)c([N+](=O)[O-])cc1OC. The number of carbonyl (C=O) groups is 2. The molecule has 1 unspecified atom stereocenters. The smallest absolute Gasteiger partial charge is 0.305 e. The van der Waals surface area contributed by atoms with Crippen LogP contribution in [0, 0.1) is 10.1 Å². The Bertz CT molecular complexity index is 615. The highest BCUT2D eigenvalue weighted by molar-refractivity contribution is 5.99. The monoisotopic (exact) mass is 326 g/mol. The van der Waals surface area contributed by atoms with Crippen LogP contribution < -0.4 is 14.8 Å². The molecular formula is C14H18N2O7. The molecule has 0 heterocycles. The topological polar surface area (TPSA) is 128 Å². The Labute approximate surface area is 132 Å². The van der Waals surface area contributed by atoms with E-state index >= 15 is 0 Å². The van der Waals surface area contributed by atoms with Crippen LogP contribution in [0.3, 0.4) is 0 Å². The quantitative estimate of drug-likeness (QED) is 0.548. The van der Waals surface area contributed by atoms with Gasteiger partial charge in [-0.15, -0.1) is 0 Å². The number of methoxy groups -OCH3 is 1. The molecule has 0 radical (unpaired) electrons. The molecule has 9 nitrogen and oxygen atoms in total. The number of hydrogen-bond acceptors (Lipinski definition) is 6. The number of benzene rings is 1. The minimum absolute atomic E-state index is 0.133. The molecule has 0 saturated carbocycles. The lowest BCUT2D eigenvalue weighted by Crippen LogP contribution is -2.34. The number of nitro groups is 1. The molecule has 9 heteroatoms. The number of carboxylic acids is 1. The minimum Gasteiger partial charge on any atom is -0.493 e. The Balaban J connectivity index is 3.20. The molecule has 0 aliphatic heterocycles. The number of aliphatic carboxylic acids is 1. The van der Waals surface area contributed by atoms with E-state index in [1.165, 1.54) is 20.1 Å². The summed E-state index contributed by atoms with van der Waals surface area (Å²) in [6.07, 6.45) is -0.298. The molecule has 1 aromatic carbocycles. The predicted molar refractivity (Wildman–Crippen MR) is 80.0 cm³/mol. The van der Waals surface area contributed by atoms with Crippen molar-refractivity contribution in [1.29, 1.82) is 0 Å². The van der Waals surface area contributed by atoms with Gasteiger partial charge in [0.2, 0.25) is 0 Å². The van der Waals surface area contributed by atoms with Crippen LogP contribution in [-0.2, 0) is 4.79 Å². The van der Waals surface area contributed by atoms with Crippen molar-refractivity contribution < 1.29 is 29.1 Å². The number of nitro benzene ring substituents is 1. The van der Waals surface area contributed by atoms with Crippen molar-refractivity contribution in [3.8, 4) is 11.5 Å². The lowest BCUT2D eigenvalue weighted by Gasteiger charge is -2.14. The van der Waals surface area contributed by atoms with E-state index in [1.54, 1.807) is 6.92 Å². The van der Waals surface area contributed by atoms with Gasteiger partial charge in [0.25, 0.3) is 11.6 Å². The first kappa shape index (κ1) is 18.2. The van der Waals surface area contributed by atoms with Gasteiger partial charge in [0.1, 0.15) is 5.56 Å². The fraction of sp³-hybridized carbons (Fsp3) is 0.429. The standard InChI is InChI=1S/C14H18N2O7/c1-4-23-12-6-9(10(16(20)21)7-11(12)22-3)14(19)15-8(2)5-13(17)18/h6-8H,4-5H2,1-3H3,(H,15,19)(H,17,18). The minimum atomic E-state index is -1.09. The average Bonchev–Trinajstić information content (AvgIpc) is 2.45. The molecule has 0 bridgehead atoms. The van der Waals surface area contributed by atoms with Crippen LogP contribution in [0.4, 0.5) is 5.69 Å². The highest BCUT2D eigenvalue weighted by atomic mass is 16.6. The molecule has 0 spiro atoms. The van der Waals surface area contributed by atoms with Gasteiger partial charge in [-0.3, -0.25) is 19.7 Å². The van der Waals surface area contributed by atoms with E-state index in [-0.39, 0.29) is 30.1 Å². The van der Waals surface area contributed by atoms with E-state index in [4.69, 9.17) is 14.6 Å². The molecule has 1 aromatic rings. The predicted octanol–water partition coefficient (Wildman–Crippen LogP) is 1.60. The summed E-state index contributed by atoms with van der Waals surface area (Å²) in [5.74, 6) is -1.52. The van der Waals surface area contributed by atoms with Crippen molar-refractivity contribution >= 4 is 17.6 Å². The van der Waals surface area contributed by atoms with Crippen molar-refractivity contribution in [2.75, 3.05) is 13.7 Å². The van der Waals surface area contributed by atoms with Crippen LogP contribution in [0.2, 0.25) is 0 Å². The molecule has 126 valence electrons. The van der Waals surface area contributed by atoms with Crippen molar-refractivity contribution in [2.24, 2.45) is 0 Å². The summed E-state index contributed by atoms with van der Waals surface area (Å²) >= 11 is 0. The van der Waals surface area contributed by atoms with Gasteiger partial charge in [-0.25, -0.2) is 0 Å². The van der Waals surface area contributed by atoms with Gasteiger partial charge in [-0.1, -0.05) is 0 Å². The van der Waals surface area contributed by atoms with Crippen LogP contribution in [0.25, 0.3) is 0 Å². The zero-order valence-corrected chi connectivity index (χ0v) is 13.0. The third-order valence-electron chi connectivity index (χ3n) is 2.88. The molecule has 0 saturated heterocycles. The zero-order chi connectivity index (χ0) is 17.6.